The number of aryl methyl sites for hydroxylation is 1. The molecule has 0 saturated heterocycles. The molecule has 0 radical (unpaired) electrons. The van der Waals surface area contributed by atoms with Gasteiger partial charge < -0.3 is 4.90 Å². The first kappa shape index (κ1) is 14.5. The predicted octanol–water partition coefficient (Wildman–Crippen LogP) is 4.16. The Kier molecular flexibility index (Phi) is 4.59. The molecule has 1 aromatic rings. The topological polar surface area (TPSA) is 16.1 Å². The monoisotopic (exact) mass is 298 g/mol. The Bertz CT molecular complexity index is 382. The SMILES string of the molecule is Cc1cc(CBr)cnc1N(C)C(C)C(C)(C)C. The maximum absolute atomic E-state index is 4.58. The summed E-state index contributed by atoms with van der Waals surface area (Å²) in [4.78, 5) is 6.85. The second kappa shape index (κ2) is 5.38. The van der Waals surface area contributed by atoms with E-state index in [1.807, 2.05) is 6.20 Å². The van der Waals surface area contributed by atoms with Gasteiger partial charge in [-0.15, -0.1) is 0 Å². The summed E-state index contributed by atoms with van der Waals surface area (Å²) in [7, 11) is 2.12. The fraction of sp³-hybridized carbons (Fsp3) is 0.643. The number of rotatable bonds is 3. The van der Waals surface area contributed by atoms with Crippen LogP contribution in [-0.4, -0.2) is 18.1 Å². The molecular formula is C14H23BrN2. The number of anilines is 1. The van der Waals surface area contributed by atoms with Crippen molar-refractivity contribution in [1.82, 2.24) is 4.98 Å². The van der Waals surface area contributed by atoms with Crippen molar-refractivity contribution in [3.63, 3.8) is 0 Å². The van der Waals surface area contributed by atoms with Gasteiger partial charge in [-0.3, -0.25) is 0 Å². The highest BCUT2D eigenvalue weighted by Crippen LogP contribution is 2.28. The molecule has 0 N–H and O–H groups in total. The van der Waals surface area contributed by atoms with Crippen LogP contribution in [0, 0.1) is 12.3 Å². The normalized spacial score (nSPS) is 13.6. The summed E-state index contributed by atoms with van der Waals surface area (Å²) in [6.07, 6.45) is 1.95. The van der Waals surface area contributed by atoms with Crippen LogP contribution in [0.4, 0.5) is 5.82 Å². The Morgan fingerprint density at radius 2 is 2.00 bits per heavy atom. The summed E-state index contributed by atoms with van der Waals surface area (Å²) in [6.45, 7) is 11.2. The van der Waals surface area contributed by atoms with Gasteiger partial charge in [-0.25, -0.2) is 4.98 Å². The molecule has 1 rings (SSSR count). The minimum Gasteiger partial charge on any atom is -0.356 e. The molecule has 0 aliphatic heterocycles. The Labute approximate surface area is 114 Å². The van der Waals surface area contributed by atoms with Crippen molar-refractivity contribution in [2.24, 2.45) is 5.41 Å². The maximum Gasteiger partial charge on any atom is 0.131 e. The summed E-state index contributed by atoms with van der Waals surface area (Å²) in [6, 6.07) is 2.65. The van der Waals surface area contributed by atoms with Gasteiger partial charge in [-0.1, -0.05) is 42.8 Å². The average molecular weight is 299 g/mol. The molecule has 1 heterocycles. The highest BCUT2D eigenvalue weighted by Gasteiger charge is 2.25. The van der Waals surface area contributed by atoms with Gasteiger partial charge in [0.05, 0.1) is 0 Å². The molecule has 96 valence electrons. The third-order valence-corrected chi connectivity index (χ3v) is 4.08. The van der Waals surface area contributed by atoms with Crippen LogP contribution in [0.3, 0.4) is 0 Å². The minimum atomic E-state index is 0.247. The quantitative estimate of drug-likeness (QED) is 0.779. The Hall–Kier alpha value is -0.570. The number of hydrogen-bond acceptors (Lipinski definition) is 2. The van der Waals surface area contributed by atoms with Crippen molar-refractivity contribution in [2.45, 2.75) is 46.0 Å². The second-order valence-electron chi connectivity index (χ2n) is 5.77. The Balaban J connectivity index is 3.01. The van der Waals surface area contributed by atoms with Crippen LogP contribution >= 0.6 is 15.9 Å². The van der Waals surface area contributed by atoms with Crippen LogP contribution < -0.4 is 4.90 Å². The summed E-state index contributed by atoms with van der Waals surface area (Å²) < 4.78 is 0. The summed E-state index contributed by atoms with van der Waals surface area (Å²) in [5, 5.41) is 0.861. The fourth-order valence-electron chi connectivity index (χ4n) is 1.83. The summed E-state index contributed by atoms with van der Waals surface area (Å²) in [5.74, 6) is 1.08. The van der Waals surface area contributed by atoms with E-state index in [1.54, 1.807) is 0 Å². The van der Waals surface area contributed by atoms with Crippen molar-refractivity contribution in [3.8, 4) is 0 Å². The number of hydrogen-bond donors (Lipinski definition) is 0. The summed E-state index contributed by atoms with van der Waals surface area (Å²) >= 11 is 3.46. The molecule has 1 atom stereocenters. The molecule has 0 bridgehead atoms. The van der Waals surface area contributed by atoms with E-state index in [-0.39, 0.29) is 5.41 Å². The van der Waals surface area contributed by atoms with Crippen molar-refractivity contribution < 1.29 is 0 Å². The number of aromatic nitrogens is 1. The lowest BCUT2D eigenvalue weighted by Crippen LogP contribution is -2.40. The molecular weight excluding hydrogens is 276 g/mol. The molecule has 17 heavy (non-hydrogen) atoms. The molecule has 1 unspecified atom stereocenters. The highest BCUT2D eigenvalue weighted by molar-refractivity contribution is 9.08. The predicted molar refractivity (Wildman–Crippen MR) is 78.9 cm³/mol. The first-order valence-electron chi connectivity index (χ1n) is 6.01. The molecule has 0 saturated carbocycles. The number of alkyl halides is 1. The standard InChI is InChI=1S/C14H23BrN2/c1-10-7-12(8-15)9-16-13(10)17(6)11(2)14(3,4)5/h7,9,11H,8H2,1-6H3. The van der Waals surface area contributed by atoms with Crippen molar-refractivity contribution in [1.29, 1.82) is 0 Å². The highest BCUT2D eigenvalue weighted by atomic mass is 79.9. The van der Waals surface area contributed by atoms with E-state index in [2.05, 4.69) is 73.5 Å². The van der Waals surface area contributed by atoms with Gasteiger partial charge in [0.2, 0.25) is 0 Å². The van der Waals surface area contributed by atoms with Crippen LogP contribution in [0.2, 0.25) is 0 Å². The lowest BCUT2D eigenvalue weighted by atomic mass is 9.87. The van der Waals surface area contributed by atoms with Crippen LogP contribution in [0.1, 0.15) is 38.8 Å². The fourth-order valence-corrected chi connectivity index (χ4v) is 2.14. The van der Waals surface area contributed by atoms with E-state index >= 15 is 0 Å². The molecule has 0 aromatic carbocycles. The number of halogens is 1. The van der Waals surface area contributed by atoms with E-state index < -0.39 is 0 Å². The van der Waals surface area contributed by atoms with E-state index in [4.69, 9.17) is 0 Å². The van der Waals surface area contributed by atoms with Gasteiger partial charge in [0.15, 0.2) is 0 Å². The first-order chi connectivity index (χ1) is 7.77. The van der Waals surface area contributed by atoms with Crippen LogP contribution in [0.15, 0.2) is 12.3 Å². The minimum absolute atomic E-state index is 0.247. The van der Waals surface area contributed by atoms with Crippen molar-refractivity contribution in [3.05, 3.63) is 23.4 Å². The first-order valence-corrected chi connectivity index (χ1v) is 7.14. The van der Waals surface area contributed by atoms with E-state index in [0.29, 0.717) is 6.04 Å². The number of pyridine rings is 1. The van der Waals surface area contributed by atoms with E-state index in [1.165, 1.54) is 11.1 Å². The Morgan fingerprint density at radius 3 is 2.41 bits per heavy atom. The van der Waals surface area contributed by atoms with Crippen LogP contribution in [0.5, 0.6) is 0 Å². The molecule has 0 aliphatic carbocycles. The molecule has 3 heteroatoms. The van der Waals surface area contributed by atoms with Crippen molar-refractivity contribution in [2.75, 3.05) is 11.9 Å². The third-order valence-electron chi connectivity index (χ3n) is 3.43. The van der Waals surface area contributed by atoms with Crippen molar-refractivity contribution >= 4 is 21.7 Å². The third kappa shape index (κ3) is 3.44. The van der Waals surface area contributed by atoms with Gasteiger partial charge in [0.25, 0.3) is 0 Å². The van der Waals surface area contributed by atoms with Crippen LogP contribution in [0.25, 0.3) is 0 Å². The molecule has 1 aromatic heterocycles. The lowest BCUT2D eigenvalue weighted by molar-refractivity contribution is 0.328. The van der Waals surface area contributed by atoms with Gasteiger partial charge in [-0.2, -0.15) is 0 Å². The van der Waals surface area contributed by atoms with E-state index in [0.717, 1.165) is 11.1 Å². The molecule has 0 aliphatic rings. The van der Waals surface area contributed by atoms with Gasteiger partial charge in [0, 0.05) is 24.6 Å². The zero-order valence-electron chi connectivity index (χ0n) is 11.7. The second-order valence-corrected chi connectivity index (χ2v) is 6.33. The average Bonchev–Trinajstić information content (AvgIpc) is 2.25. The lowest BCUT2D eigenvalue weighted by Gasteiger charge is -2.36. The summed E-state index contributed by atoms with van der Waals surface area (Å²) in [5.41, 5.74) is 2.71. The number of nitrogens with zero attached hydrogens (tertiary/aromatic N) is 2. The largest absolute Gasteiger partial charge is 0.356 e. The molecule has 0 amide bonds. The Morgan fingerprint density at radius 1 is 1.41 bits per heavy atom. The zero-order valence-corrected chi connectivity index (χ0v) is 13.3. The van der Waals surface area contributed by atoms with Crippen LogP contribution in [-0.2, 0) is 5.33 Å². The molecule has 2 nitrogen and oxygen atoms in total. The maximum atomic E-state index is 4.58. The molecule has 0 fully saturated rings. The van der Waals surface area contributed by atoms with Gasteiger partial charge >= 0.3 is 0 Å². The van der Waals surface area contributed by atoms with Gasteiger partial charge in [0.1, 0.15) is 5.82 Å². The van der Waals surface area contributed by atoms with E-state index in [9.17, 15) is 0 Å². The molecule has 0 spiro atoms. The smallest absolute Gasteiger partial charge is 0.131 e. The van der Waals surface area contributed by atoms with Gasteiger partial charge in [-0.05, 0) is 30.4 Å². The zero-order chi connectivity index (χ0) is 13.2.